The summed E-state index contributed by atoms with van der Waals surface area (Å²) < 4.78 is 0. The molecule has 1 heterocycles. The fourth-order valence-corrected chi connectivity index (χ4v) is 4.36. The average Bonchev–Trinajstić information content (AvgIpc) is 3.28. The van der Waals surface area contributed by atoms with E-state index >= 15 is 0 Å². The minimum Gasteiger partial charge on any atom is -0.480 e. The van der Waals surface area contributed by atoms with E-state index in [1.165, 1.54) is 0 Å². The third-order valence-corrected chi connectivity index (χ3v) is 6.53. The van der Waals surface area contributed by atoms with E-state index in [0.717, 1.165) is 16.5 Å². The minimum absolute atomic E-state index is 0.0538. The number of fused-ring (bicyclic) bond motifs is 1. The van der Waals surface area contributed by atoms with Crippen LogP contribution in [0.1, 0.15) is 45.1 Å². The van der Waals surface area contributed by atoms with Gasteiger partial charge in [0.2, 0.25) is 17.7 Å². The Morgan fingerprint density at radius 2 is 1.61 bits per heavy atom. The first-order valence-electron chi connectivity index (χ1n) is 12.8. The zero-order chi connectivity index (χ0) is 28.2. The molecule has 1 aromatic heterocycles. The SMILES string of the molecule is CC(C)CC(NC(=O)C(N)Cc1c[nH]c2ccccc12)C(=O)NC(CS)C(=O)NC(CCCCN)C(=O)O. The molecule has 4 atom stereocenters. The zero-order valence-corrected chi connectivity index (χ0v) is 22.8. The van der Waals surface area contributed by atoms with Crippen molar-refractivity contribution in [2.75, 3.05) is 12.3 Å². The summed E-state index contributed by atoms with van der Waals surface area (Å²) in [4.78, 5) is 53.5. The molecule has 38 heavy (non-hydrogen) atoms. The summed E-state index contributed by atoms with van der Waals surface area (Å²) in [6.45, 7) is 4.23. The number of nitrogens with two attached hydrogens (primary N) is 2. The fourth-order valence-electron chi connectivity index (χ4n) is 4.10. The van der Waals surface area contributed by atoms with Crippen molar-refractivity contribution in [3.8, 4) is 0 Å². The van der Waals surface area contributed by atoms with Crippen LogP contribution >= 0.6 is 12.6 Å². The van der Waals surface area contributed by atoms with E-state index in [2.05, 4.69) is 33.6 Å². The smallest absolute Gasteiger partial charge is 0.326 e. The highest BCUT2D eigenvalue weighted by Gasteiger charge is 2.30. The van der Waals surface area contributed by atoms with Crippen LogP contribution in [0.4, 0.5) is 0 Å². The van der Waals surface area contributed by atoms with Crippen LogP contribution in [0, 0.1) is 5.92 Å². The predicted octanol–water partition coefficient (Wildman–Crippen LogP) is 0.682. The molecule has 0 fully saturated rings. The molecule has 0 saturated heterocycles. The minimum atomic E-state index is -1.17. The Morgan fingerprint density at radius 3 is 2.24 bits per heavy atom. The molecular weight excluding hydrogens is 508 g/mol. The maximum atomic E-state index is 13.1. The highest BCUT2D eigenvalue weighted by molar-refractivity contribution is 7.80. The topological polar surface area (TPSA) is 192 Å². The average molecular weight is 549 g/mol. The lowest BCUT2D eigenvalue weighted by atomic mass is 10.0. The number of nitrogens with one attached hydrogen (secondary N) is 4. The number of amides is 3. The summed E-state index contributed by atoms with van der Waals surface area (Å²) in [6.07, 6.45) is 3.78. The second-order valence-corrected chi connectivity index (χ2v) is 10.2. The van der Waals surface area contributed by atoms with Crippen molar-refractivity contribution in [2.24, 2.45) is 17.4 Å². The lowest BCUT2D eigenvalue weighted by Crippen LogP contribution is -2.58. The standard InChI is InChI=1S/C26H40N6O5S/c1-15(2)11-21(31-23(33)18(28)12-16-13-29-19-8-4-3-7-17(16)19)24(34)32-22(14-38)25(35)30-20(26(36)37)9-5-6-10-27/h3-4,7-8,13,15,18,20-22,29,38H,5-6,9-12,14,27-28H2,1-2H3,(H,30,35)(H,31,33)(H,32,34)(H,36,37). The second kappa shape index (κ2) is 15.4. The first kappa shape index (κ1) is 31.1. The van der Waals surface area contributed by atoms with Gasteiger partial charge < -0.3 is 37.5 Å². The molecule has 0 aliphatic carbocycles. The molecule has 0 aliphatic rings. The molecule has 3 amide bonds. The van der Waals surface area contributed by atoms with E-state index in [1.54, 1.807) is 0 Å². The number of aromatic amines is 1. The van der Waals surface area contributed by atoms with Gasteiger partial charge in [-0.25, -0.2) is 4.79 Å². The van der Waals surface area contributed by atoms with E-state index in [9.17, 15) is 24.3 Å². The van der Waals surface area contributed by atoms with Crippen molar-refractivity contribution >= 4 is 47.2 Å². The van der Waals surface area contributed by atoms with Crippen molar-refractivity contribution in [1.82, 2.24) is 20.9 Å². The van der Waals surface area contributed by atoms with Gasteiger partial charge in [0.1, 0.15) is 18.1 Å². The van der Waals surface area contributed by atoms with Crippen LogP contribution in [0.3, 0.4) is 0 Å². The molecule has 1 aromatic carbocycles. The van der Waals surface area contributed by atoms with Crippen molar-refractivity contribution in [3.63, 3.8) is 0 Å². The lowest BCUT2D eigenvalue weighted by Gasteiger charge is -2.25. The summed E-state index contributed by atoms with van der Waals surface area (Å²) in [5.41, 5.74) is 13.5. The van der Waals surface area contributed by atoms with Crippen molar-refractivity contribution < 1.29 is 24.3 Å². The normalized spacial score (nSPS) is 14.5. The highest BCUT2D eigenvalue weighted by atomic mass is 32.1. The number of benzene rings is 1. The molecule has 0 aliphatic heterocycles. The fraction of sp³-hybridized carbons (Fsp3) is 0.538. The van der Waals surface area contributed by atoms with Crippen LogP contribution in [-0.2, 0) is 25.6 Å². The number of unbranched alkanes of at least 4 members (excludes halogenated alkanes) is 1. The predicted molar refractivity (Wildman–Crippen MR) is 150 cm³/mol. The number of para-hydroxylation sites is 1. The van der Waals surface area contributed by atoms with Gasteiger partial charge in [-0.15, -0.1) is 0 Å². The van der Waals surface area contributed by atoms with Crippen molar-refractivity contribution in [2.45, 2.75) is 70.1 Å². The first-order chi connectivity index (χ1) is 18.1. The summed E-state index contributed by atoms with van der Waals surface area (Å²) >= 11 is 4.16. The van der Waals surface area contributed by atoms with Gasteiger partial charge >= 0.3 is 5.97 Å². The number of hydrogen-bond donors (Lipinski definition) is 8. The van der Waals surface area contributed by atoms with Gasteiger partial charge in [0.05, 0.1) is 6.04 Å². The largest absolute Gasteiger partial charge is 0.480 e. The van der Waals surface area contributed by atoms with E-state index in [-0.39, 0.29) is 24.5 Å². The number of carboxylic acids is 1. The molecule has 210 valence electrons. The highest BCUT2D eigenvalue weighted by Crippen LogP contribution is 2.19. The maximum absolute atomic E-state index is 13.1. The maximum Gasteiger partial charge on any atom is 0.326 e. The van der Waals surface area contributed by atoms with Gasteiger partial charge in [-0.05, 0) is 56.2 Å². The van der Waals surface area contributed by atoms with Crippen LogP contribution in [0.5, 0.6) is 0 Å². The van der Waals surface area contributed by atoms with Gasteiger partial charge in [0.15, 0.2) is 0 Å². The van der Waals surface area contributed by atoms with Gasteiger partial charge in [0, 0.05) is 22.9 Å². The Hall–Kier alpha value is -3.09. The number of H-pyrrole nitrogens is 1. The Bertz CT molecular complexity index is 1090. The molecule has 9 N–H and O–H groups in total. The summed E-state index contributed by atoms with van der Waals surface area (Å²) in [7, 11) is 0. The lowest BCUT2D eigenvalue weighted by molar-refractivity contribution is -0.142. The van der Waals surface area contributed by atoms with E-state index in [0.29, 0.717) is 25.8 Å². The number of rotatable bonds is 16. The van der Waals surface area contributed by atoms with Gasteiger partial charge in [0.25, 0.3) is 0 Å². The zero-order valence-electron chi connectivity index (χ0n) is 21.9. The van der Waals surface area contributed by atoms with E-state index in [4.69, 9.17) is 11.5 Å². The summed E-state index contributed by atoms with van der Waals surface area (Å²) in [5.74, 6) is -2.91. The van der Waals surface area contributed by atoms with Crippen LogP contribution in [-0.4, -0.2) is 70.2 Å². The van der Waals surface area contributed by atoms with E-state index < -0.39 is 47.9 Å². The molecule has 0 radical (unpaired) electrons. The Balaban J connectivity index is 2.03. The van der Waals surface area contributed by atoms with Crippen LogP contribution < -0.4 is 27.4 Å². The number of carbonyl (C=O) groups excluding carboxylic acids is 3. The summed E-state index contributed by atoms with van der Waals surface area (Å²) in [5, 5.41) is 18.2. The quantitative estimate of drug-likeness (QED) is 0.112. The molecule has 0 bridgehead atoms. The van der Waals surface area contributed by atoms with Gasteiger partial charge in [-0.1, -0.05) is 32.0 Å². The molecule has 0 saturated carbocycles. The Kier molecular flexibility index (Phi) is 12.6. The molecule has 2 rings (SSSR count). The van der Waals surface area contributed by atoms with Gasteiger partial charge in [-0.2, -0.15) is 12.6 Å². The third kappa shape index (κ3) is 9.34. The number of hydrogen-bond acceptors (Lipinski definition) is 7. The Labute approximate surface area is 228 Å². The number of aromatic nitrogens is 1. The Morgan fingerprint density at radius 1 is 0.974 bits per heavy atom. The number of thiol groups is 1. The number of carbonyl (C=O) groups is 4. The number of aliphatic carboxylic acids is 1. The van der Waals surface area contributed by atoms with Crippen LogP contribution in [0.25, 0.3) is 10.9 Å². The van der Waals surface area contributed by atoms with E-state index in [1.807, 2.05) is 44.3 Å². The molecular formula is C26H40N6O5S. The van der Waals surface area contributed by atoms with Crippen molar-refractivity contribution in [3.05, 3.63) is 36.0 Å². The molecule has 0 spiro atoms. The monoisotopic (exact) mass is 548 g/mol. The number of carboxylic acid groups (broad SMARTS) is 1. The summed E-state index contributed by atoms with van der Waals surface area (Å²) in [6, 6.07) is 3.65. The first-order valence-corrected chi connectivity index (χ1v) is 13.5. The van der Waals surface area contributed by atoms with Gasteiger partial charge in [-0.3, -0.25) is 14.4 Å². The molecule has 11 nitrogen and oxygen atoms in total. The molecule has 12 heteroatoms. The third-order valence-electron chi connectivity index (χ3n) is 6.17. The molecule has 2 aromatic rings. The second-order valence-electron chi connectivity index (χ2n) is 9.79. The van der Waals surface area contributed by atoms with Crippen molar-refractivity contribution in [1.29, 1.82) is 0 Å². The van der Waals surface area contributed by atoms with Crippen LogP contribution in [0.15, 0.2) is 30.5 Å². The van der Waals surface area contributed by atoms with Crippen LogP contribution in [0.2, 0.25) is 0 Å². The molecule has 4 unspecified atom stereocenters.